The first-order valence-corrected chi connectivity index (χ1v) is 13.1. The predicted octanol–water partition coefficient (Wildman–Crippen LogP) is 4.86. The van der Waals surface area contributed by atoms with Crippen molar-refractivity contribution in [1.82, 2.24) is 5.01 Å². The molecule has 40 heavy (non-hydrogen) atoms. The van der Waals surface area contributed by atoms with Gasteiger partial charge in [-0.15, -0.1) is 0 Å². The lowest BCUT2D eigenvalue weighted by atomic mass is 10.1. The molecule has 0 atom stereocenters. The summed E-state index contributed by atoms with van der Waals surface area (Å²) in [5, 5.41) is 15.3. The van der Waals surface area contributed by atoms with Gasteiger partial charge in [0.1, 0.15) is 30.6 Å². The van der Waals surface area contributed by atoms with E-state index >= 15 is 0 Å². The molecule has 0 unspecified atom stereocenters. The summed E-state index contributed by atoms with van der Waals surface area (Å²) in [5.74, 6) is 2.39. The number of hydrazone groups is 1. The van der Waals surface area contributed by atoms with E-state index < -0.39 is 5.91 Å². The molecule has 0 saturated carbocycles. The molecule has 0 spiro atoms. The van der Waals surface area contributed by atoms with E-state index in [4.69, 9.17) is 29.1 Å². The number of rotatable bonds is 11. The molecule has 0 aromatic heterocycles. The second-order valence-electron chi connectivity index (χ2n) is 8.37. The Hall–Kier alpha value is -4.77. The molecule has 204 valence electrons. The molecule has 3 aromatic carbocycles. The van der Waals surface area contributed by atoms with Crippen molar-refractivity contribution >= 4 is 39.8 Å². The number of amides is 1. The molecular formula is C29H26N4O6S. The van der Waals surface area contributed by atoms with Gasteiger partial charge < -0.3 is 23.7 Å². The maximum absolute atomic E-state index is 12.8. The molecule has 1 N–H and O–H groups in total. The monoisotopic (exact) mass is 558 g/mol. The highest BCUT2D eigenvalue weighted by Gasteiger charge is 2.35. The van der Waals surface area contributed by atoms with E-state index in [-0.39, 0.29) is 24.6 Å². The smallest absolute Gasteiger partial charge is 0.283 e. The van der Waals surface area contributed by atoms with Gasteiger partial charge in [0.25, 0.3) is 5.91 Å². The summed E-state index contributed by atoms with van der Waals surface area (Å²) in [6.45, 7) is 0.776. The first kappa shape index (κ1) is 26.8. The third-order valence-corrected chi connectivity index (χ3v) is 6.65. The molecule has 2 aliphatic rings. The zero-order chi connectivity index (χ0) is 27.9. The van der Waals surface area contributed by atoms with Gasteiger partial charge in [-0.05, 0) is 59.8 Å². The second kappa shape index (κ2) is 12.4. The van der Waals surface area contributed by atoms with Gasteiger partial charge in [0.15, 0.2) is 28.8 Å². The number of hydrogen-bond donors (Lipinski definition) is 1. The SMILES string of the molecule is COc1ccccc1OCCOc1ccc(/C=C2\C(=N)N3N=C(COc4ccccc4)SC3=NC2=O)cc1OC. The number of para-hydroxylation sites is 3. The lowest BCUT2D eigenvalue weighted by Gasteiger charge is -2.20. The number of ether oxygens (including phenoxy) is 5. The minimum absolute atomic E-state index is 0.0648. The van der Waals surface area contributed by atoms with Crippen LogP contribution >= 0.6 is 11.8 Å². The van der Waals surface area contributed by atoms with Gasteiger partial charge in [0, 0.05) is 0 Å². The lowest BCUT2D eigenvalue weighted by molar-refractivity contribution is -0.114. The Morgan fingerprint density at radius 1 is 0.850 bits per heavy atom. The average Bonchev–Trinajstić information content (AvgIpc) is 3.40. The van der Waals surface area contributed by atoms with E-state index in [1.54, 1.807) is 31.4 Å². The molecule has 0 saturated heterocycles. The Bertz CT molecular complexity index is 1510. The summed E-state index contributed by atoms with van der Waals surface area (Å²) in [7, 11) is 3.12. The third-order valence-electron chi connectivity index (χ3n) is 5.77. The minimum Gasteiger partial charge on any atom is -0.493 e. The molecule has 0 radical (unpaired) electrons. The van der Waals surface area contributed by atoms with Crippen molar-refractivity contribution in [2.75, 3.05) is 34.0 Å². The van der Waals surface area contributed by atoms with Crippen LogP contribution in [0.2, 0.25) is 0 Å². The van der Waals surface area contributed by atoms with Crippen molar-refractivity contribution < 1.29 is 28.5 Å². The second-order valence-corrected chi connectivity index (χ2v) is 9.41. The van der Waals surface area contributed by atoms with Crippen LogP contribution in [0.3, 0.4) is 0 Å². The Kier molecular flexibility index (Phi) is 8.31. The fraction of sp³-hybridized carbons (Fsp3) is 0.172. The summed E-state index contributed by atoms with van der Waals surface area (Å²) < 4.78 is 28.1. The van der Waals surface area contributed by atoms with Crippen molar-refractivity contribution in [2.45, 2.75) is 0 Å². The number of methoxy groups -OCH3 is 2. The predicted molar refractivity (Wildman–Crippen MR) is 154 cm³/mol. The van der Waals surface area contributed by atoms with E-state index in [1.807, 2.05) is 54.6 Å². The first-order valence-electron chi connectivity index (χ1n) is 12.3. The molecule has 5 rings (SSSR count). The maximum atomic E-state index is 12.8. The quantitative estimate of drug-likeness (QED) is 0.262. The number of hydrogen-bond acceptors (Lipinski definition) is 9. The number of benzene rings is 3. The fourth-order valence-corrected chi connectivity index (χ4v) is 4.65. The van der Waals surface area contributed by atoms with Crippen molar-refractivity contribution in [1.29, 1.82) is 5.41 Å². The zero-order valence-corrected chi connectivity index (χ0v) is 22.6. The van der Waals surface area contributed by atoms with Gasteiger partial charge in [-0.3, -0.25) is 10.2 Å². The van der Waals surface area contributed by atoms with E-state index in [0.717, 1.165) is 0 Å². The van der Waals surface area contributed by atoms with Crippen molar-refractivity contribution in [3.05, 3.63) is 83.9 Å². The van der Waals surface area contributed by atoms with Crippen molar-refractivity contribution in [3.8, 4) is 28.7 Å². The Balaban J connectivity index is 1.23. The normalized spacial score (nSPS) is 15.3. The van der Waals surface area contributed by atoms with Crippen LogP contribution in [0.25, 0.3) is 6.08 Å². The Morgan fingerprint density at radius 2 is 1.52 bits per heavy atom. The average molecular weight is 559 g/mol. The van der Waals surface area contributed by atoms with Crippen LogP contribution < -0.4 is 23.7 Å². The minimum atomic E-state index is -0.517. The Labute approximate surface area is 235 Å². The van der Waals surface area contributed by atoms with Gasteiger partial charge in [-0.25, -0.2) is 0 Å². The van der Waals surface area contributed by atoms with Crippen molar-refractivity contribution in [2.24, 2.45) is 10.1 Å². The van der Waals surface area contributed by atoms with E-state index in [2.05, 4.69) is 10.1 Å². The number of carbonyl (C=O) groups excluding carboxylic acids is 1. The van der Waals surface area contributed by atoms with Gasteiger partial charge in [0.05, 0.1) is 19.8 Å². The summed E-state index contributed by atoms with van der Waals surface area (Å²) in [6.07, 6.45) is 1.58. The summed E-state index contributed by atoms with van der Waals surface area (Å²) in [6, 6.07) is 22.0. The highest BCUT2D eigenvalue weighted by atomic mass is 32.2. The van der Waals surface area contributed by atoms with Crippen LogP contribution in [0.5, 0.6) is 28.7 Å². The molecule has 0 fully saturated rings. The first-order chi connectivity index (χ1) is 19.6. The number of thioether (sulfide) groups is 1. The number of nitrogens with one attached hydrogen (secondary N) is 1. The highest BCUT2D eigenvalue weighted by molar-refractivity contribution is 8.27. The van der Waals surface area contributed by atoms with Crippen LogP contribution in [0.1, 0.15) is 5.56 Å². The molecule has 2 heterocycles. The van der Waals surface area contributed by atoms with Crippen LogP contribution in [0.4, 0.5) is 0 Å². The van der Waals surface area contributed by atoms with E-state index in [0.29, 0.717) is 51.1 Å². The molecule has 11 heteroatoms. The summed E-state index contributed by atoms with van der Waals surface area (Å²) in [4.78, 5) is 16.9. The molecule has 0 aliphatic carbocycles. The zero-order valence-electron chi connectivity index (χ0n) is 21.8. The largest absolute Gasteiger partial charge is 0.493 e. The standard InChI is InChI=1S/C29H26N4O6S/c1-35-22-10-6-7-11-23(22)37-14-15-38-24-13-12-19(17-25(24)36-2)16-21-27(30)33-29(31-28(21)34)40-26(32-33)18-39-20-8-4-3-5-9-20/h3-13,16-17,30H,14-15,18H2,1-2H3/b21-16+,30-27?. The van der Waals surface area contributed by atoms with Crippen LogP contribution in [-0.2, 0) is 4.79 Å². The topological polar surface area (TPSA) is 115 Å². The number of nitrogens with zero attached hydrogens (tertiary/aromatic N) is 3. The summed E-state index contributed by atoms with van der Waals surface area (Å²) >= 11 is 1.21. The van der Waals surface area contributed by atoms with E-state index in [9.17, 15) is 4.79 Å². The molecule has 10 nitrogen and oxygen atoms in total. The van der Waals surface area contributed by atoms with Crippen LogP contribution in [0, 0.1) is 5.41 Å². The van der Waals surface area contributed by atoms with Crippen LogP contribution in [0.15, 0.2) is 88.5 Å². The number of carbonyl (C=O) groups is 1. The van der Waals surface area contributed by atoms with E-state index in [1.165, 1.54) is 23.9 Å². The maximum Gasteiger partial charge on any atom is 0.283 e. The van der Waals surface area contributed by atoms with Gasteiger partial charge in [-0.2, -0.15) is 15.1 Å². The number of fused-ring (bicyclic) bond motifs is 1. The van der Waals surface area contributed by atoms with Crippen LogP contribution in [-0.4, -0.2) is 61.0 Å². The molecule has 0 bridgehead atoms. The highest BCUT2D eigenvalue weighted by Crippen LogP contribution is 2.32. The Morgan fingerprint density at radius 3 is 2.25 bits per heavy atom. The fourth-order valence-electron chi connectivity index (χ4n) is 3.85. The van der Waals surface area contributed by atoms with Gasteiger partial charge >= 0.3 is 0 Å². The summed E-state index contributed by atoms with van der Waals surface area (Å²) in [5.41, 5.74) is 0.754. The molecular weight excluding hydrogens is 532 g/mol. The third kappa shape index (κ3) is 6.10. The van der Waals surface area contributed by atoms with Crippen molar-refractivity contribution in [3.63, 3.8) is 0 Å². The molecule has 3 aromatic rings. The van der Waals surface area contributed by atoms with Gasteiger partial charge in [-0.1, -0.05) is 36.4 Å². The molecule has 2 aliphatic heterocycles. The number of aliphatic imine (C=N–C) groups is 1. The lowest BCUT2D eigenvalue weighted by Crippen LogP contribution is -2.35. The molecule has 1 amide bonds. The number of amidine groups is 2. The van der Waals surface area contributed by atoms with Gasteiger partial charge in [0.2, 0.25) is 5.17 Å².